The zero-order valence-electron chi connectivity index (χ0n) is 17.5. The highest BCUT2D eigenvalue weighted by Crippen LogP contribution is 2.22. The standard InChI is InChI=1S/C24H29N5O/c1-2-29(18-21-10-14-25-15-11-21)22-5-3-16-28(19-22)17-20-6-8-23(9-7-20)30-24-26-12-4-13-27-24/h4,6-15,22H,2-3,5,16-19H2,1H3/t22-/m0/s1. The zero-order chi connectivity index (χ0) is 20.6. The maximum atomic E-state index is 5.70. The van der Waals surface area contributed by atoms with E-state index in [0.717, 1.165) is 38.5 Å². The quantitative estimate of drug-likeness (QED) is 0.563. The lowest BCUT2D eigenvalue weighted by Gasteiger charge is -2.39. The molecule has 30 heavy (non-hydrogen) atoms. The van der Waals surface area contributed by atoms with Gasteiger partial charge in [0.1, 0.15) is 5.75 Å². The van der Waals surface area contributed by atoms with Crippen molar-refractivity contribution in [1.82, 2.24) is 24.8 Å². The first-order chi connectivity index (χ1) is 14.8. The average molecular weight is 404 g/mol. The zero-order valence-corrected chi connectivity index (χ0v) is 17.5. The van der Waals surface area contributed by atoms with Crippen LogP contribution in [0.15, 0.2) is 67.3 Å². The first-order valence-corrected chi connectivity index (χ1v) is 10.7. The molecule has 0 aliphatic carbocycles. The molecule has 156 valence electrons. The topological polar surface area (TPSA) is 54.4 Å². The van der Waals surface area contributed by atoms with Crippen LogP contribution in [0.25, 0.3) is 0 Å². The predicted octanol–water partition coefficient (Wildman–Crippen LogP) is 4.15. The first kappa shape index (κ1) is 20.4. The highest BCUT2D eigenvalue weighted by Gasteiger charge is 2.24. The third-order valence-electron chi connectivity index (χ3n) is 5.62. The van der Waals surface area contributed by atoms with Crippen LogP contribution in [-0.4, -0.2) is 50.4 Å². The molecule has 0 radical (unpaired) electrons. The van der Waals surface area contributed by atoms with Gasteiger partial charge in [-0.3, -0.25) is 14.8 Å². The van der Waals surface area contributed by atoms with Gasteiger partial charge in [0.25, 0.3) is 0 Å². The maximum absolute atomic E-state index is 5.70. The van der Waals surface area contributed by atoms with Crippen LogP contribution in [0.1, 0.15) is 30.9 Å². The van der Waals surface area contributed by atoms with Gasteiger partial charge in [-0.15, -0.1) is 0 Å². The predicted molar refractivity (Wildman–Crippen MR) is 117 cm³/mol. The number of aromatic nitrogens is 3. The molecule has 3 heterocycles. The van der Waals surface area contributed by atoms with Crippen molar-refractivity contribution in [2.24, 2.45) is 0 Å². The molecule has 0 bridgehead atoms. The summed E-state index contributed by atoms with van der Waals surface area (Å²) in [5.41, 5.74) is 2.64. The summed E-state index contributed by atoms with van der Waals surface area (Å²) in [5.74, 6) is 0.760. The summed E-state index contributed by atoms with van der Waals surface area (Å²) >= 11 is 0. The molecule has 4 rings (SSSR count). The van der Waals surface area contributed by atoms with Gasteiger partial charge in [0, 0.05) is 50.5 Å². The number of pyridine rings is 1. The summed E-state index contributed by atoms with van der Waals surface area (Å²) in [7, 11) is 0. The first-order valence-electron chi connectivity index (χ1n) is 10.7. The smallest absolute Gasteiger partial charge is 0.321 e. The Morgan fingerprint density at radius 2 is 1.77 bits per heavy atom. The van der Waals surface area contributed by atoms with Crippen LogP contribution in [0.3, 0.4) is 0 Å². The Hall–Kier alpha value is -2.83. The number of hydrogen-bond acceptors (Lipinski definition) is 6. The Labute approximate surface area is 178 Å². The van der Waals surface area contributed by atoms with Crippen LogP contribution < -0.4 is 4.74 Å². The molecular formula is C24H29N5O. The molecule has 0 unspecified atom stereocenters. The molecule has 3 aromatic rings. The van der Waals surface area contributed by atoms with E-state index in [-0.39, 0.29) is 0 Å². The number of nitrogens with zero attached hydrogens (tertiary/aromatic N) is 5. The number of rotatable bonds is 8. The lowest BCUT2D eigenvalue weighted by Crippen LogP contribution is -2.47. The lowest BCUT2D eigenvalue weighted by molar-refractivity contribution is 0.0917. The minimum atomic E-state index is 0.373. The molecule has 0 amide bonds. The Morgan fingerprint density at radius 3 is 2.50 bits per heavy atom. The van der Waals surface area contributed by atoms with Crippen LogP contribution in [0.4, 0.5) is 0 Å². The fourth-order valence-electron chi connectivity index (χ4n) is 4.06. The normalized spacial score (nSPS) is 17.2. The molecule has 0 N–H and O–H groups in total. The molecule has 0 saturated carbocycles. The SMILES string of the molecule is CCN(Cc1ccncc1)[C@H]1CCCN(Cc2ccc(Oc3ncccn3)cc2)C1. The van der Waals surface area contributed by atoms with E-state index in [1.807, 2.05) is 24.5 Å². The van der Waals surface area contributed by atoms with Gasteiger partial charge in [0.05, 0.1) is 0 Å². The van der Waals surface area contributed by atoms with Gasteiger partial charge in [-0.25, -0.2) is 9.97 Å². The molecule has 6 nitrogen and oxygen atoms in total. The van der Waals surface area contributed by atoms with Gasteiger partial charge in [-0.05, 0) is 67.4 Å². The summed E-state index contributed by atoms with van der Waals surface area (Å²) in [6.07, 6.45) is 9.63. The average Bonchev–Trinajstić information content (AvgIpc) is 2.80. The largest absolute Gasteiger partial charge is 0.424 e. The van der Waals surface area contributed by atoms with Crippen molar-refractivity contribution in [3.63, 3.8) is 0 Å². The van der Waals surface area contributed by atoms with Gasteiger partial charge >= 0.3 is 6.01 Å². The summed E-state index contributed by atoms with van der Waals surface area (Å²) in [5, 5.41) is 0. The van der Waals surface area contributed by atoms with Gasteiger partial charge < -0.3 is 4.74 Å². The van der Waals surface area contributed by atoms with Crippen molar-refractivity contribution in [2.45, 2.75) is 38.9 Å². The van der Waals surface area contributed by atoms with E-state index >= 15 is 0 Å². The van der Waals surface area contributed by atoms with Crippen molar-refractivity contribution >= 4 is 0 Å². The van der Waals surface area contributed by atoms with Crippen LogP contribution in [0, 0.1) is 0 Å². The summed E-state index contributed by atoms with van der Waals surface area (Å²) in [6, 6.07) is 15.2. The Balaban J connectivity index is 1.33. The molecule has 1 aromatic carbocycles. The Morgan fingerprint density at radius 1 is 1.00 bits per heavy atom. The minimum absolute atomic E-state index is 0.373. The van der Waals surface area contributed by atoms with E-state index in [2.05, 4.69) is 55.9 Å². The van der Waals surface area contributed by atoms with Crippen molar-refractivity contribution in [1.29, 1.82) is 0 Å². The molecule has 1 fully saturated rings. The lowest BCUT2D eigenvalue weighted by atomic mass is 10.0. The summed E-state index contributed by atoms with van der Waals surface area (Å²) in [4.78, 5) is 17.5. The van der Waals surface area contributed by atoms with Gasteiger partial charge in [0.15, 0.2) is 0 Å². The van der Waals surface area contributed by atoms with Crippen molar-refractivity contribution in [3.8, 4) is 11.8 Å². The number of piperidine rings is 1. The summed E-state index contributed by atoms with van der Waals surface area (Å²) < 4.78 is 5.70. The highest BCUT2D eigenvalue weighted by molar-refractivity contribution is 5.29. The van der Waals surface area contributed by atoms with E-state index < -0.39 is 0 Å². The second-order valence-electron chi connectivity index (χ2n) is 7.73. The number of benzene rings is 1. The summed E-state index contributed by atoms with van der Waals surface area (Å²) in [6.45, 7) is 7.54. The van der Waals surface area contributed by atoms with E-state index in [9.17, 15) is 0 Å². The molecule has 6 heteroatoms. The molecule has 1 atom stereocenters. The van der Waals surface area contributed by atoms with Gasteiger partial charge in [-0.2, -0.15) is 0 Å². The molecular weight excluding hydrogens is 374 g/mol. The van der Waals surface area contributed by atoms with Gasteiger partial charge in [0.2, 0.25) is 0 Å². The second kappa shape index (κ2) is 10.3. The van der Waals surface area contributed by atoms with Crippen LogP contribution >= 0.6 is 0 Å². The van der Waals surface area contributed by atoms with E-state index in [1.54, 1.807) is 18.5 Å². The Kier molecular flexibility index (Phi) is 7.00. The monoisotopic (exact) mass is 403 g/mol. The van der Waals surface area contributed by atoms with Crippen LogP contribution in [-0.2, 0) is 13.1 Å². The van der Waals surface area contributed by atoms with Gasteiger partial charge in [-0.1, -0.05) is 19.1 Å². The van der Waals surface area contributed by atoms with Crippen LogP contribution in [0.5, 0.6) is 11.8 Å². The van der Waals surface area contributed by atoms with Crippen molar-refractivity contribution in [2.75, 3.05) is 19.6 Å². The molecule has 1 aliphatic rings. The fourth-order valence-corrected chi connectivity index (χ4v) is 4.06. The number of ether oxygens (including phenoxy) is 1. The van der Waals surface area contributed by atoms with E-state index in [4.69, 9.17) is 4.74 Å². The van der Waals surface area contributed by atoms with Crippen molar-refractivity contribution in [3.05, 3.63) is 78.4 Å². The molecule has 2 aromatic heterocycles. The van der Waals surface area contributed by atoms with E-state index in [1.165, 1.54) is 24.0 Å². The fraction of sp³-hybridized carbons (Fsp3) is 0.375. The maximum Gasteiger partial charge on any atom is 0.321 e. The van der Waals surface area contributed by atoms with Crippen LogP contribution in [0.2, 0.25) is 0 Å². The second-order valence-corrected chi connectivity index (χ2v) is 7.73. The molecule has 1 aliphatic heterocycles. The number of likely N-dealkylation sites (tertiary alicyclic amines) is 1. The minimum Gasteiger partial charge on any atom is -0.424 e. The van der Waals surface area contributed by atoms with Crippen molar-refractivity contribution < 1.29 is 4.74 Å². The number of hydrogen-bond donors (Lipinski definition) is 0. The third kappa shape index (κ3) is 5.62. The number of likely N-dealkylation sites (N-methyl/N-ethyl adjacent to an activating group) is 1. The molecule has 0 spiro atoms. The molecule has 1 saturated heterocycles. The van der Waals surface area contributed by atoms with E-state index in [0.29, 0.717) is 12.1 Å². The Bertz CT molecular complexity index is 888. The highest BCUT2D eigenvalue weighted by atomic mass is 16.5. The third-order valence-corrected chi connectivity index (χ3v) is 5.62.